The standard InChI is InChI=1S/C24H29F3N2O/c1-4-17(13-15(2)3)29-21-11-12-28-23(19-8-6-5-7-18(19)21)20-10-9-16(14-22(20)30)24(25,26)27/h5-10,14-15,17,28-30H,4,11-13H2,1-3H3. The van der Waals surface area contributed by atoms with Crippen LogP contribution in [0.25, 0.3) is 11.4 Å². The zero-order valence-corrected chi connectivity index (χ0v) is 17.6. The van der Waals surface area contributed by atoms with E-state index in [2.05, 4.69) is 31.4 Å². The van der Waals surface area contributed by atoms with Crippen LogP contribution >= 0.6 is 0 Å². The van der Waals surface area contributed by atoms with Crippen molar-refractivity contribution in [1.82, 2.24) is 10.6 Å². The third kappa shape index (κ3) is 4.91. The minimum absolute atomic E-state index is 0.356. The number of phenolic OH excluding ortho intramolecular Hbond substituents is 1. The van der Waals surface area contributed by atoms with Crippen LogP contribution in [0.2, 0.25) is 0 Å². The van der Waals surface area contributed by atoms with Gasteiger partial charge in [0, 0.05) is 40.7 Å². The number of nitrogens with one attached hydrogen (secondary N) is 2. The number of hydrogen-bond donors (Lipinski definition) is 3. The van der Waals surface area contributed by atoms with Crippen LogP contribution in [0.15, 0.2) is 42.5 Å². The van der Waals surface area contributed by atoms with Crippen LogP contribution < -0.4 is 21.1 Å². The average molecular weight is 419 g/mol. The highest BCUT2D eigenvalue weighted by molar-refractivity contribution is 5.70. The molecule has 0 spiro atoms. The molecule has 0 radical (unpaired) electrons. The summed E-state index contributed by atoms with van der Waals surface area (Å²) in [6.45, 7) is 7.19. The van der Waals surface area contributed by atoms with Crippen molar-refractivity contribution in [3.05, 3.63) is 64.0 Å². The van der Waals surface area contributed by atoms with Crippen molar-refractivity contribution >= 4 is 11.4 Å². The van der Waals surface area contributed by atoms with Gasteiger partial charge < -0.3 is 15.7 Å². The molecule has 3 nitrogen and oxygen atoms in total. The molecule has 1 atom stereocenters. The predicted octanol–water partition coefficient (Wildman–Crippen LogP) is 4.08. The normalized spacial score (nSPS) is 15.4. The number of aromatic hydroxyl groups is 1. The van der Waals surface area contributed by atoms with E-state index < -0.39 is 11.7 Å². The van der Waals surface area contributed by atoms with Gasteiger partial charge in [0.05, 0.1) is 11.3 Å². The van der Waals surface area contributed by atoms with E-state index in [1.807, 2.05) is 24.3 Å². The van der Waals surface area contributed by atoms with Gasteiger partial charge in [0.25, 0.3) is 0 Å². The van der Waals surface area contributed by atoms with Crippen LogP contribution in [0.4, 0.5) is 13.2 Å². The maximum atomic E-state index is 13.0. The van der Waals surface area contributed by atoms with Crippen molar-refractivity contribution in [2.75, 3.05) is 6.54 Å². The minimum atomic E-state index is -4.49. The number of alkyl halides is 3. The molecule has 1 aliphatic heterocycles. The molecule has 2 aromatic carbocycles. The van der Waals surface area contributed by atoms with E-state index in [1.165, 1.54) is 6.07 Å². The summed E-state index contributed by atoms with van der Waals surface area (Å²) in [7, 11) is 0. The summed E-state index contributed by atoms with van der Waals surface area (Å²) in [6, 6.07) is 11.3. The summed E-state index contributed by atoms with van der Waals surface area (Å²) in [5.74, 6) is 0.193. The molecule has 3 N–H and O–H groups in total. The number of benzene rings is 2. The predicted molar refractivity (Wildman–Crippen MR) is 114 cm³/mol. The highest BCUT2D eigenvalue weighted by Gasteiger charge is 2.31. The fraction of sp³-hybridized carbons (Fsp3) is 0.417. The van der Waals surface area contributed by atoms with Gasteiger partial charge in [-0.25, -0.2) is 0 Å². The van der Waals surface area contributed by atoms with E-state index in [4.69, 9.17) is 0 Å². The molecule has 6 heteroatoms. The number of halogens is 3. The quantitative estimate of drug-likeness (QED) is 0.662. The van der Waals surface area contributed by atoms with Gasteiger partial charge in [-0.2, -0.15) is 13.2 Å². The third-order valence-corrected chi connectivity index (χ3v) is 5.42. The molecular formula is C24H29F3N2O. The van der Waals surface area contributed by atoms with Crippen molar-refractivity contribution < 1.29 is 18.3 Å². The van der Waals surface area contributed by atoms with Crippen molar-refractivity contribution in [3.8, 4) is 5.75 Å². The van der Waals surface area contributed by atoms with Gasteiger partial charge in [0.1, 0.15) is 5.75 Å². The summed E-state index contributed by atoms with van der Waals surface area (Å²) in [5, 5.41) is 19.3. The molecule has 0 saturated heterocycles. The Kier molecular flexibility index (Phi) is 6.64. The fourth-order valence-electron chi connectivity index (χ4n) is 3.96. The molecule has 1 heterocycles. The lowest BCUT2D eigenvalue weighted by Gasteiger charge is -2.22. The Morgan fingerprint density at radius 1 is 1.10 bits per heavy atom. The summed E-state index contributed by atoms with van der Waals surface area (Å²) in [5.41, 5.74) is 1.27. The van der Waals surface area contributed by atoms with Gasteiger partial charge in [0.15, 0.2) is 0 Å². The second-order valence-electron chi connectivity index (χ2n) is 8.18. The molecule has 0 aromatic heterocycles. The topological polar surface area (TPSA) is 44.3 Å². The van der Waals surface area contributed by atoms with Gasteiger partial charge in [0.2, 0.25) is 0 Å². The first-order chi connectivity index (χ1) is 14.2. The smallest absolute Gasteiger partial charge is 0.416 e. The first-order valence-corrected chi connectivity index (χ1v) is 10.4. The molecule has 1 unspecified atom stereocenters. The van der Waals surface area contributed by atoms with E-state index in [0.29, 0.717) is 29.8 Å². The Morgan fingerprint density at radius 3 is 2.40 bits per heavy atom. The van der Waals surface area contributed by atoms with E-state index in [-0.39, 0.29) is 5.75 Å². The Balaban J connectivity index is 2.15. The minimum Gasteiger partial charge on any atom is -0.507 e. The van der Waals surface area contributed by atoms with E-state index in [0.717, 1.165) is 47.5 Å². The van der Waals surface area contributed by atoms with E-state index >= 15 is 0 Å². The van der Waals surface area contributed by atoms with Crippen LogP contribution in [-0.4, -0.2) is 17.7 Å². The first kappa shape index (κ1) is 22.1. The Morgan fingerprint density at radius 2 is 1.80 bits per heavy atom. The molecule has 2 aromatic rings. The van der Waals surface area contributed by atoms with E-state index in [1.54, 1.807) is 0 Å². The van der Waals surface area contributed by atoms with Crippen molar-refractivity contribution in [2.24, 2.45) is 5.92 Å². The zero-order chi connectivity index (χ0) is 21.9. The monoisotopic (exact) mass is 418 g/mol. The molecule has 0 fully saturated rings. The van der Waals surface area contributed by atoms with Crippen LogP contribution in [0.1, 0.15) is 51.2 Å². The molecule has 162 valence electrons. The van der Waals surface area contributed by atoms with Crippen molar-refractivity contribution in [2.45, 2.75) is 52.3 Å². The molecular weight excluding hydrogens is 389 g/mol. The number of rotatable bonds is 6. The second kappa shape index (κ2) is 9.02. The van der Waals surface area contributed by atoms with Gasteiger partial charge in [-0.3, -0.25) is 0 Å². The van der Waals surface area contributed by atoms with Crippen LogP contribution in [-0.2, 0) is 6.18 Å². The Hall–Kier alpha value is -2.63. The SMILES string of the molecule is CCC(CC(C)C)NC1=c2ccccc2=C(c2ccc(C(F)(F)F)cc2O)NCC1. The first-order valence-electron chi connectivity index (χ1n) is 10.4. The molecule has 0 saturated carbocycles. The average Bonchev–Trinajstić information content (AvgIpc) is 2.86. The fourth-order valence-corrected chi connectivity index (χ4v) is 3.96. The van der Waals surface area contributed by atoms with Crippen LogP contribution in [0, 0.1) is 5.92 Å². The second-order valence-corrected chi connectivity index (χ2v) is 8.18. The van der Waals surface area contributed by atoms with Crippen LogP contribution in [0.5, 0.6) is 5.75 Å². The highest BCUT2D eigenvalue weighted by atomic mass is 19.4. The molecule has 0 bridgehead atoms. The van der Waals surface area contributed by atoms with Crippen LogP contribution in [0.3, 0.4) is 0 Å². The summed E-state index contributed by atoms with van der Waals surface area (Å²) >= 11 is 0. The Bertz CT molecular complexity index is 1010. The molecule has 30 heavy (non-hydrogen) atoms. The molecule has 1 aliphatic rings. The lowest BCUT2D eigenvalue weighted by molar-refractivity contribution is -0.137. The Labute approximate surface area is 175 Å². The molecule has 0 amide bonds. The highest BCUT2D eigenvalue weighted by Crippen LogP contribution is 2.34. The number of hydrogen-bond acceptors (Lipinski definition) is 3. The third-order valence-electron chi connectivity index (χ3n) is 5.42. The zero-order valence-electron chi connectivity index (χ0n) is 17.6. The maximum Gasteiger partial charge on any atom is 0.416 e. The van der Waals surface area contributed by atoms with Gasteiger partial charge in [-0.05, 0) is 37.0 Å². The van der Waals surface area contributed by atoms with E-state index in [9.17, 15) is 18.3 Å². The summed E-state index contributed by atoms with van der Waals surface area (Å²) in [6.07, 6.45) is -1.66. The largest absolute Gasteiger partial charge is 0.507 e. The lowest BCUT2D eigenvalue weighted by atomic mass is 10.0. The summed E-state index contributed by atoms with van der Waals surface area (Å²) in [4.78, 5) is 0. The van der Waals surface area contributed by atoms with Gasteiger partial charge >= 0.3 is 6.18 Å². The maximum absolute atomic E-state index is 13.0. The molecule has 0 aliphatic carbocycles. The number of phenols is 1. The van der Waals surface area contributed by atoms with Crippen molar-refractivity contribution in [3.63, 3.8) is 0 Å². The number of fused-ring (bicyclic) bond motifs is 1. The van der Waals surface area contributed by atoms with Gasteiger partial charge in [-0.15, -0.1) is 0 Å². The summed E-state index contributed by atoms with van der Waals surface area (Å²) < 4.78 is 39.0. The van der Waals surface area contributed by atoms with Gasteiger partial charge in [-0.1, -0.05) is 45.0 Å². The van der Waals surface area contributed by atoms with Crippen molar-refractivity contribution in [1.29, 1.82) is 0 Å². The lowest BCUT2D eigenvalue weighted by Crippen LogP contribution is -2.37. The molecule has 3 rings (SSSR count).